The van der Waals surface area contributed by atoms with Crippen molar-refractivity contribution in [1.29, 1.82) is 0 Å². The van der Waals surface area contributed by atoms with E-state index >= 15 is 0 Å². The smallest absolute Gasteiger partial charge is 0.231 e. The van der Waals surface area contributed by atoms with Crippen molar-refractivity contribution >= 4 is 11.6 Å². The van der Waals surface area contributed by atoms with Crippen LogP contribution in [0.3, 0.4) is 0 Å². The van der Waals surface area contributed by atoms with Crippen LogP contribution in [0, 0.1) is 5.92 Å². The van der Waals surface area contributed by atoms with Gasteiger partial charge in [-0.1, -0.05) is 19.1 Å². The number of rotatable bonds is 6. The summed E-state index contributed by atoms with van der Waals surface area (Å²) in [6.45, 7) is 4.78. The van der Waals surface area contributed by atoms with Crippen LogP contribution in [0.15, 0.2) is 18.2 Å². The summed E-state index contributed by atoms with van der Waals surface area (Å²) in [6.07, 6.45) is 1.58. The van der Waals surface area contributed by atoms with Gasteiger partial charge in [0.25, 0.3) is 0 Å². The van der Waals surface area contributed by atoms with Crippen LogP contribution in [-0.4, -0.2) is 26.0 Å². The van der Waals surface area contributed by atoms with Gasteiger partial charge in [0.1, 0.15) is 0 Å². The maximum atomic E-state index is 11.6. The highest BCUT2D eigenvalue weighted by atomic mass is 16.2. The summed E-state index contributed by atoms with van der Waals surface area (Å²) in [5.74, 6) is 0.781. The highest BCUT2D eigenvalue weighted by Crippen LogP contribution is 2.28. The van der Waals surface area contributed by atoms with E-state index in [1.807, 2.05) is 13.1 Å². The molecule has 104 valence electrons. The minimum absolute atomic E-state index is 0.177. The largest absolute Gasteiger partial charge is 0.330 e. The van der Waals surface area contributed by atoms with Crippen LogP contribution < -0.4 is 16.0 Å². The first-order valence-electron chi connectivity index (χ1n) is 6.91. The average Bonchev–Trinajstić information content (AvgIpc) is 2.65. The van der Waals surface area contributed by atoms with Crippen LogP contribution in [-0.2, 0) is 17.8 Å². The molecule has 0 bridgehead atoms. The Bertz CT molecular complexity index is 459. The maximum Gasteiger partial charge on any atom is 0.231 e. The van der Waals surface area contributed by atoms with E-state index in [0.29, 0.717) is 12.3 Å². The first kappa shape index (κ1) is 14.0. The second-order valence-corrected chi connectivity index (χ2v) is 5.41. The molecule has 1 aliphatic rings. The van der Waals surface area contributed by atoms with Crippen LogP contribution in [0.5, 0.6) is 0 Å². The van der Waals surface area contributed by atoms with E-state index in [0.717, 1.165) is 37.3 Å². The third kappa shape index (κ3) is 3.33. The Morgan fingerprint density at radius 1 is 1.47 bits per heavy atom. The SMILES string of the molecule is CC(CCN)CNCc1ccc2c(c1)CC(=O)N2C. The van der Waals surface area contributed by atoms with Crippen molar-refractivity contribution in [3.05, 3.63) is 29.3 Å². The number of amides is 1. The molecule has 1 aliphatic heterocycles. The molecule has 1 aromatic rings. The van der Waals surface area contributed by atoms with E-state index in [-0.39, 0.29) is 5.91 Å². The first-order valence-corrected chi connectivity index (χ1v) is 6.91. The quantitative estimate of drug-likeness (QED) is 0.811. The van der Waals surface area contributed by atoms with Gasteiger partial charge in [0.2, 0.25) is 5.91 Å². The van der Waals surface area contributed by atoms with E-state index in [2.05, 4.69) is 24.4 Å². The van der Waals surface area contributed by atoms with Gasteiger partial charge in [-0.25, -0.2) is 0 Å². The van der Waals surface area contributed by atoms with Crippen LogP contribution in [0.25, 0.3) is 0 Å². The Morgan fingerprint density at radius 2 is 2.26 bits per heavy atom. The summed E-state index contributed by atoms with van der Waals surface area (Å²) in [4.78, 5) is 13.3. The minimum Gasteiger partial charge on any atom is -0.330 e. The van der Waals surface area contributed by atoms with Gasteiger partial charge in [-0.05, 0) is 42.6 Å². The van der Waals surface area contributed by atoms with Crippen molar-refractivity contribution in [1.82, 2.24) is 5.32 Å². The zero-order chi connectivity index (χ0) is 13.8. The van der Waals surface area contributed by atoms with E-state index in [1.54, 1.807) is 4.90 Å². The van der Waals surface area contributed by atoms with Gasteiger partial charge >= 0.3 is 0 Å². The number of carbonyl (C=O) groups is 1. The molecule has 0 saturated heterocycles. The van der Waals surface area contributed by atoms with Crippen LogP contribution in [0.4, 0.5) is 5.69 Å². The van der Waals surface area contributed by atoms with Gasteiger partial charge in [0.05, 0.1) is 6.42 Å². The topological polar surface area (TPSA) is 58.4 Å². The van der Waals surface area contributed by atoms with E-state index in [9.17, 15) is 4.79 Å². The first-order chi connectivity index (χ1) is 9.11. The fraction of sp³-hybridized carbons (Fsp3) is 0.533. The van der Waals surface area contributed by atoms with Crippen LogP contribution in [0.2, 0.25) is 0 Å². The third-order valence-corrected chi connectivity index (χ3v) is 3.70. The minimum atomic E-state index is 0.177. The Labute approximate surface area is 115 Å². The highest BCUT2D eigenvalue weighted by Gasteiger charge is 2.23. The number of anilines is 1. The number of fused-ring (bicyclic) bond motifs is 1. The van der Waals surface area contributed by atoms with E-state index in [4.69, 9.17) is 5.73 Å². The lowest BCUT2D eigenvalue weighted by molar-refractivity contribution is -0.117. The fourth-order valence-corrected chi connectivity index (χ4v) is 2.48. The van der Waals surface area contributed by atoms with Crippen molar-refractivity contribution in [3.8, 4) is 0 Å². The van der Waals surface area contributed by atoms with E-state index in [1.165, 1.54) is 5.56 Å². The second kappa shape index (κ2) is 6.17. The number of benzene rings is 1. The molecule has 0 fully saturated rings. The zero-order valence-electron chi connectivity index (χ0n) is 11.8. The molecule has 3 N–H and O–H groups in total. The Morgan fingerprint density at radius 3 is 3.00 bits per heavy atom. The molecule has 19 heavy (non-hydrogen) atoms. The van der Waals surface area contributed by atoms with Gasteiger partial charge in [-0.2, -0.15) is 0 Å². The molecule has 1 amide bonds. The molecular weight excluding hydrogens is 238 g/mol. The number of nitrogens with zero attached hydrogens (tertiary/aromatic N) is 1. The summed E-state index contributed by atoms with van der Waals surface area (Å²) in [5.41, 5.74) is 8.96. The van der Waals surface area contributed by atoms with Gasteiger partial charge < -0.3 is 16.0 Å². The van der Waals surface area contributed by atoms with Crippen molar-refractivity contribution < 1.29 is 4.79 Å². The summed E-state index contributed by atoms with van der Waals surface area (Å²) >= 11 is 0. The molecule has 0 aliphatic carbocycles. The standard InChI is InChI=1S/C15H23N3O/c1-11(5-6-16)9-17-10-12-3-4-14-13(7-12)8-15(19)18(14)2/h3-4,7,11,17H,5-6,8-10,16H2,1-2H3. The van der Waals surface area contributed by atoms with Crippen molar-refractivity contribution in [2.24, 2.45) is 11.7 Å². The second-order valence-electron chi connectivity index (χ2n) is 5.41. The predicted octanol–water partition coefficient (Wildman–Crippen LogP) is 1.28. The van der Waals surface area contributed by atoms with Gasteiger partial charge in [0.15, 0.2) is 0 Å². The van der Waals surface area contributed by atoms with E-state index < -0.39 is 0 Å². The van der Waals surface area contributed by atoms with Gasteiger partial charge in [-0.15, -0.1) is 0 Å². The van der Waals surface area contributed by atoms with Crippen LogP contribution in [0.1, 0.15) is 24.5 Å². The molecule has 0 spiro atoms. The lowest BCUT2D eigenvalue weighted by Gasteiger charge is -2.13. The fourth-order valence-electron chi connectivity index (χ4n) is 2.48. The summed E-state index contributed by atoms with van der Waals surface area (Å²) in [6, 6.07) is 6.27. The lowest BCUT2D eigenvalue weighted by atomic mass is 10.1. The number of carbonyl (C=O) groups excluding carboxylic acids is 1. The normalized spacial score (nSPS) is 15.7. The average molecular weight is 261 g/mol. The van der Waals surface area contributed by atoms with Crippen LogP contribution >= 0.6 is 0 Å². The monoisotopic (exact) mass is 261 g/mol. The molecule has 1 aromatic carbocycles. The summed E-state index contributed by atoms with van der Waals surface area (Å²) in [7, 11) is 1.83. The third-order valence-electron chi connectivity index (χ3n) is 3.70. The number of likely N-dealkylation sites (N-methyl/N-ethyl adjacent to an activating group) is 1. The van der Waals surface area contributed by atoms with Gasteiger partial charge in [-0.3, -0.25) is 4.79 Å². The Hall–Kier alpha value is -1.39. The number of hydrogen-bond acceptors (Lipinski definition) is 3. The van der Waals surface area contributed by atoms with Crippen molar-refractivity contribution in [2.75, 3.05) is 25.0 Å². The molecule has 1 atom stereocenters. The Kier molecular flexibility index (Phi) is 4.56. The highest BCUT2D eigenvalue weighted by molar-refractivity contribution is 6.00. The summed E-state index contributed by atoms with van der Waals surface area (Å²) < 4.78 is 0. The molecule has 4 nitrogen and oxygen atoms in total. The molecular formula is C15H23N3O. The summed E-state index contributed by atoms with van der Waals surface area (Å²) in [5, 5.41) is 3.45. The molecule has 2 rings (SSSR count). The maximum absolute atomic E-state index is 11.6. The lowest BCUT2D eigenvalue weighted by Crippen LogP contribution is -2.22. The zero-order valence-corrected chi connectivity index (χ0v) is 11.8. The molecule has 0 saturated carbocycles. The van der Waals surface area contributed by atoms with Crippen molar-refractivity contribution in [3.63, 3.8) is 0 Å². The Balaban J connectivity index is 1.90. The number of nitrogens with two attached hydrogens (primary N) is 1. The molecule has 1 heterocycles. The van der Waals surface area contributed by atoms with Gasteiger partial charge in [0, 0.05) is 19.3 Å². The predicted molar refractivity (Wildman–Crippen MR) is 78.1 cm³/mol. The molecule has 0 aromatic heterocycles. The number of nitrogens with one attached hydrogen (secondary N) is 1. The molecule has 0 radical (unpaired) electrons. The number of hydrogen-bond donors (Lipinski definition) is 2. The molecule has 4 heteroatoms. The molecule has 1 unspecified atom stereocenters. The van der Waals surface area contributed by atoms with Crippen molar-refractivity contribution in [2.45, 2.75) is 26.3 Å².